The molecule has 0 aliphatic carbocycles. The summed E-state index contributed by atoms with van der Waals surface area (Å²) in [5.41, 5.74) is 3.89. The molecule has 1 heterocycles. The molecule has 0 saturated carbocycles. The van der Waals surface area contributed by atoms with Crippen LogP contribution in [0.2, 0.25) is 0 Å². The number of rotatable bonds is 4. The molecule has 3 heteroatoms. The lowest BCUT2D eigenvalue weighted by molar-refractivity contribution is 1.13. The Kier molecular flexibility index (Phi) is 3.70. The van der Waals surface area contributed by atoms with Crippen molar-refractivity contribution in [2.24, 2.45) is 0 Å². The minimum absolute atomic E-state index is 0.979. The molecule has 0 aliphatic rings. The molecular formula is C17H18N2S. The van der Waals surface area contributed by atoms with Crippen LogP contribution in [-0.4, -0.2) is 18.1 Å². The molecule has 20 heavy (non-hydrogen) atoms. The molecular weight excluding hydrogens is 264 g/mol. The zero-order valence-corrected chi connectivity index (χ0v) is 12.6. The van der Waals surface area contributed by atoms with Crippen molar-refractivity contribution in [3.05, 3.63) is 66.4 Å². The maximum Gasteiger partial charge on any atom is 0.0631 e. The lowest BCUT2D eigenvalue weighted by Gasteiger charge is -2.09. The predicted molar refractivity (Wildman–Crippen MR) is 89.4 cm³/mol. The maximum atomic E-state index is 2.28. The number of benzene rings is 2. The molecule has 0 spiro atoms. The van der Waals surface area contributed by atoms with E-state index in [-0.39, 0.29) is 0 Å². The van der Waals surface area contributed by atoms with E-state index in [4.69, 9.17) is 0 Å². The van der Waals surface area contributed by atoms with Gasteiger partial charge >= 0.3 is 0 Å². The van der Waals surface area contributed by atoms with Crippen molar-refractivity contribution in [1.82, 2.24) is 3.97 Å². The second-order valence-corrected chi connectivity index (χ2v) is 5.95. The fraction of sp³-hybridized carbons (Fsp3) is 0.176. The second kappa shape index (κ2) is 5.63. The Morgan fingerprint density at radius 3 is 2.40 bits per heavy atom. The lowest BCUT2D eigenvalue weighted by atomic mass is 10.2. The lowest BCUT2D eigenvalue weighted by Crippen LogP contribution is -2.07. The average Bonchev–Trinajstić information content (AvgIpc) is 2.85. The summed E-state index contributed by atoms with van der Waals surface area (Å²) in [6.07, 6.45) is 2.22. The first kappa shape index (κ1) is 13.1. The molecule has 1 aromatic heterocycles. The molecule has 0 atom stereocenters. The molecule has 3 rings (SSSR count). The van der Waals surface area contributed by atoms with Gasteiger partial charge in [-0.3, -0.25) is 3.97 Å². The van der Waals surface area contributed by atoms with Crippen LogP contribution in [0.1, 0.15) is 5.56 Å². The smallest absolute Gasteiger partial charge is 0.0631 e. The van der Waals surface area contributed by atoms with Gasteiger partial charge in [-0.15, -0.1) is 0 Å². The molecule has 0 saturated heterocycles. The third-order valence-corrected chi connectivity index (χ3v) is 4.39. The summed E-state index contributed by atoms with van der Waals surface area (Å²) in [5.74, 6) is 0.979. The molecule has 2 aromatic carbocycles. The minimum atomic E-state index is 0.979. The Bertz CT molecular complexity index is 701. The number of hydrogen-bond acceptors (Lipinski definition) is 2. The van der Waals surface area contributed by atoms with Crippen LogP contribution in [0.25, 0.3) is 10.9 Å². The molecule has 102 valence electrons. The molecule has 2 nitrogen and oxygen atoms in total. The van der Waals surface area contributed by atoms with Crippen molar-refractivity contribution in [2.75, 3.05) is 19.0 Å². The van der Waals surface area contributed by atoms with Gasteiger partial charge in [0, 0.05) is 31.4 Å². The summed E-state index contributed by atoms with van der Waals surface area (Å²) >= 11 is 1.83. The van der Waals surface area contributed by atoms with E-state index < -0.39 is 0 Å². The highest BCUT2D eigenvalue weighted by Gasteiger charge is 2.09. The number of para-hydroxylation sites is 1. The van der Waals surface area contributed by atoms with E-state index in [9.17, 15) is 0 Å². The average molecular weight is 282 g/mol. The number of fused-ring (bicyclic) bond motifs is 1. The Hall–Kier alpha value is -1.87. The summed E-state index contributed by atoms with van der Waals surface area (Å²) in [6, 6.07) is 19.2. The highest BCUT2D eigenvalue weighted by molar-refractivity contribution is 7.97. The van der Waals surface area contributed by atoms with Gasteiger partial charge in [0.1, 0.15) is 0 Å². The van der Waals surface area contributed by atoms with Gasteiger partial charge in [0.25, 0.3) is 0 Å². The minimum Gasteiger partial charge on any atom is -0.376 e. The molecule has 0 bridgehead atoms. The molecule has 0 fully saturated rings. The molecule has 3 aromatic rings. The first-order chi connectivity index (χ1) is 9.75. The number of anilines is 1. The molecule has 0 aliphatic heterocycles. The van der Waals surface area contributed by atoms with Gasteiger partial charge in [0.15, 0.2) is 0 Å². The summed E-state index contributed by atoms with van der Waals surface area (Å²) in [6.45, 7) is 0. The largest absolute Gasteiger partial charge is 0.376 e. The van der Waals surface area contributed by atoms with Gasteiger partial charge in [0.2, 0.25) is 0 Å². The molecule has 0 N–H and O–H groups in total. The summed E-state index contributed by atoms with van der Waals surface area (Å²) in [4.78, 5) is 2.17. The topological polar surface area (TPSA) is 8.17 Å². The van der Waals surface area contributed by atoms with Crippen molar-refractivity contribution >= 4 is 28.5 Å². The molecule has 0 amide bonds. The maximum absolute atomic E-state index is 2.28. The van der Waals surface area contributed by atoms with Crippen LogP contribution in [0.5, 0.6) is 0 Å². The van der Waals surface area contributed by atoms with Crippen molar-refractivity contribution < 1.29 is 0 Å². The van der Waals surface area contributed by atoms with Crippen molar-refractivity contribution in [2.45, 2.75) is 5.75 Å². The third kappa shape index (κ3) is 2.54. The van der Waals surface area contributed by atoms with E-state index in [1.54, 1.807) is 0 Å². The number of hydrogen-bond donors (Lipinski definition) is 0. The fourth-order valence-corrected chi connectivity index (χ4v) is 3.27. The fourth-order valence-electron chi connectivity index (χ4n) is 2.31. The predicted octanol–water partition coefficient (Wildman–Crippen LogP) is 4.40. The highest BCUT2D eigenvalue weighted by Crippen LogP contribution is 2.31. The van der Waals surface area contributed by atoms with Crippen LogP contribution in [-0.2, 0) is 5.75 Å². The van der Waals surface area contributed by atoms with Crippen LogP contribution in [0.3, 0.4) is 0 Å². The van der Waals surface area contributed by atoms with Crippen LogP contribution < -0.4 is 4.90 Å². The Morgan fingerprint density at radius 2 is 1.65 bits per heavy atom. The zero-order chi connectivity index (χ0) is 13.9. The van der Waals surface area contributed by atoms with E-state index in [2.05, 4.69) is 83.8 Å². The zero-order valence-electron chi connectivity index (χ0n) is 11.8. The summed E-state index contributed by atoms with van der Waals surface area (Å²) in [7, 11) is 4.18. The van der Waals surface area contributed by atoms with E-state index in [1.807, 2.05) is 11.9 Å². The highest BCUT2D eigenvalue weighted by atomic mass is 32.2. The SMILES string of the molecule is CN(C)c1cn(SCc2ccccc2)c2ccccc12. The van der Waals surface area contributed by atoms with Gasteiger partial charge in [-0.2, -0.15) is 0 Å². The monoisotopic (exact) mass is 282 g/mol. The normalized spacial score (nSPS) is 10.9. The first-order valence-electron chi connectivity index (χ1n) is 6.70. The molecule has 0 radical (unpaired) electrons. The number of nitrogens with zero attached hydrogens (tertiary/aromatic N) is 2. The third-order valence-electron chi connectivity index (χ3n) is 3.35. The Morgan fingerprint density at radius 1 is 0.950 bits per heavy atom. The van der Waals surface area contributed by atoms with E-state index >= 15 is 0 Å². The number of aromatic nitrogens is 1. The first-order valence-corrected chi connectivity index (χ1v) is 7.64. The van der Waals surface area contributed by atoms with Gasteiger partial charge < -0.3 is 4.90 Å². The van der Waals surface area contributed by atoms with Gasteiger partial charge in [0.05, 0.1) is 11.2 Å². The van der Waals surface area contributed by atoms with Crippen LogP contribution in [0.4, 0.5) is 5.69 Å². The summed E-state index contributed by atoms with van der Waals surface area (Å²) < 4.78 is 2.28. The Labute approximate surface area is 124 Å². The van der Waals surface area contributed by atoms with Crippen molar-refractivity contribution in [3.8, 4) is 0 Å². The second-order valence-electron chi connectivity index (χ2n) is 5.01. The van der Waals surface area contributed by atoms with Gasteiger partial charge in [-0.05, 0) is 23.6 Å². The Balaban J connectivity index is 1.92. The van der Waals surface area contributed by atoms with Crippen LogP contribution in [0.15, 0.2) is 60.8 Å². The quantitative estimate of drug-likeness (QED) is 0.700. The van der Waals surface area contributed by atoms with Crippen molar-refractivity contribution in [1.29, 1.82) is 0 Å². The van der Waals surface area contributed by atoms with E-state index in [0.717, 1.165) is 5.75 Å². The van der Waals surface area contributed by atoms with E-state index in [0.29, 0.717) is 0 Å². The molecule has 0 unspecified atom stereocenters. The van der Waals surface area contributed by atoms with Crippen LogP contribution in [0, 0.1) is 0 Å². The van der Waals surface area contributed by atoms with E-state index in [1.165, 1.54) is 22.2 Å². The van der Waals surface area contributed by atoms with Crippen molar-refractivity contribution in [3.63, 3.8) is 0 Å². The summed E-state index contributed by atoms with van der Waals surface area (Å²) in [5, 5.41) is 1.30. The van der Waals surface area contributed by atoms with Gasteiger partial charge in [-0.1, -0.05) is 48.5 Å². The standard InChI is InChI=1S/C17H18N2S/c1-18(2)17-12-19(16-11-7-6-10-15(16)17)20-13-14-8-4-3-5-9-14/h3-12H,13H2,1-2H3. The van der Waals surface area contributed by atoms with Gasteiger partial charge in [-0.25, -0.2) is 0 Å². The van der Waals surface area contributed by atoms with Crippen LogP contribution >= 0.6 is 11.9 Å².